The maximum atomic E-state index is 11.8. The lowest BCUT2D eigenvalue weighted by Gasteiger charge is -2.39. The van der Waals surface area contributed by atoms with E-state index in [1.807, 2.05) is 20.8 Å². The van der Waals surface area contributed by atoms with E-state index in [-0.39, 0.29) is 5.41 Å². The SMILES string of the molecule is CC(C)(C)OC(=O)NCC1(CC=O)CCC(CCN)CC1. The van der Waals surface area contributed by atoms with Crippen molar-refractivity contribution in [2.75, 3.05) is 13.1 Å². The molecule has 3 N–H and O–H groups in total. The van der Waals surface area contributed by atoms with Gasteiger partial charge >= 0.3 is 6.09 Å². The number of hydrogen-bond donors (Lipinski definition) is 2. The van der Waals surface area contributed by atoms with Crippen molar-refractivity contribution >= 4 is 12.4 Å². The van der Waals surface area contributed by atoms with Gasteiger partial charge in [0.1, 0.15) is 11.9 Å². The summed E-state index contributed by atoms with van der Waals surface area (Å²) in [5.74, 6) is 0.663. The van der Waals surface area contributed by atoms with Gasteiger partial charge in [0.05, 0.1) is 0 Å². The van der Waals surface area contributed by atoms with Crippen LogP contribution in [0.15, 0.2) is 0 Å². The summed E-state index contributed by atoms with van der Waals surface area (Å²) >= 11 is 0. The summed E-state index contributed by atoms with van der Waals surface area (Å²) in [6.07, 6.45) is 6.21. The molecule has 0 unspecified atom stereocenters. The molecule has 1 aliphatic carbocycles. The van der Waals surface area contributed by atoms with E-state index in [1.165, 1.54) is 0 Å². The summed E-state index contributed by atoms with van der Waals surface area (Å²) in [5.41, 5.74) is 5.01. The lowest BCUT2D eigenvalue weighted by Crippen LogP contribution is -2.42. The van der Waals surface area contributed by atoms with E-state index >= 15 is 0 Å². The molecular weight excluding hydrogens is 268 g/mol. The van der Waals surface area contributed by atoms with Crippen LogP contribution in [-0.2, 0) is 9.53 Å². The lowest BCUT2D eigenvalue weighted by molar-refractivity contribution is -0.110. The number of ether oxygens (including phenoxy) is 1. The smallest absolute Gasteiger partial charge is 0.407 e. The largest absolute Gasteiger partial charge is 0.444 e. The molecular formula is C16H30N2O3. The van der Waals surface area contributed by atoms with E-state index in [4.69, 9.17) is 10.5 Å². The number of nitrogens with one attached hydrogen (secondary N) is 1. The highest BCUT2D eigenvalue weighted by atomic mass is 16.6. The topological polar surface area (TPSA) is 81.4 Å². The second kappa shape index (κ2) is 7.78. The molecule has 0 atom stereocenters. The van der Waals surface area contributed by atoms with Crippen molar-refractivity contribution in [3.8, 4) is 0 Å². The molecule has 1 amide bonds. The van der Waals surface area contributed by atoms with Gasteiger partial charge in [0.25, 0.3) is 0 Å². The van der Waals surface area contributed by atoms with Gasteiger partial charge in [-0.15, -0.1) is 0 Å². The predicted molar refractivity (Wildman–Crippen MR) is 83.0 cm³/mol. The number of alkyl carbamates (subject to hydrolysis) is 1. The predicted octanol–water partition coefficient (Wildman–Crippen LogP) is 2.63. The monoisotopic (exact) mass is 298 g/mol. The van der Waals surface area contributed by atoms with Gasteiger partial charge in [-0.1, -0.05) is 0 Å². The Morgan fingerprint density at radius 2 is 2.00 bits per heavy atom. The van der Waals surface area contributed by atoms with Crippen LogP contribution < -0.4 is 11.1 Å². The molecule has 0 aromatic heterocycles. The van der Waals surface area contributed by atoms with Crippen molar-refractivity contribution in [1.82, 2.24) is 5.32 Å². The van der Waals surface area contributed by atoms with Crippen LogP contribution in [0.4, 0.5) is 4.79 Å². The molecule has 0 bridgehead atoms. The molecule has 0 aromatic rings. The van der Waals surface area contributed by atoms with E-state index in [0.717, 1.165) is 44.9 Å². The maximum Gasteiger partial charge on any atom is 0.407 e. The third-order valence-corrected chi connectivity index (χ3v) is 4.26. The van der Waals surface area contributed by atoms with Crippen molar-refractivity contribution in [1.29, 1.82) is 0 Å². The Balaban J connectivity index is 2.50. The van der Waals surface area contributed by atoms with Gasteiger partial charge in [0.15, 0.2) is 0 Å². The maximum absolute atomic E-state index is 11.8. The van der Waals surface area contributed by atoms with Gasteiger partial charge < -0.3 is 20.6 Å². The van der Waals surface area contributed by atoms with E-state index in [2.05, 4.69) is 5.32 Å². The molecule has 0 aromatic carbocycles. The fraction of sp³-hybridized carbons (Fsp3) is 0.875. The Labute approximate surface area is 128 Å². The molecule has 122 valence electrons. The minimum absolute atomic E-state index is 0.107. The summed E-state index contributed by atoms with van der Waals surface area (Å²) in [4.78, 5) is 22.8. The normalized spacial score (nSPS) is 26.2. The zero-order valence-corrected chi connectivity index (χ0v) is 13.6. The van der Waals surface area contributed by atoms with Crippen LogP contribution in [0.3, 0.4) is 0 Å². The van der Waals surface area contributed by atoms with Gasteiger partial charge in [-0.2, -0.15) is 0 Å². The molecule has 21 heavy (non-hydrogen) atoms. The average Bonchev–Trinajstić information content (AvgIpc) is 2.38. The number of rotatable bonds is 6. The molecule has 0 spiro atoms. The first-order chi connectivity index (χ1) is 9.80. The highest BCUT2D eigenvalue weighted by molar-refractivity contribution is 5.67. The Bertz CT molecular complexity index is 342. The number of hydrogen-bond acceptors (Lipinski definition) is 4. The molecule has 0 heterocycles. The van der Waals surface area contributed by atoms with Gasteiger partial charge in [-0.05, 0) is 70.8 Å². The summed E-state index contributed by atoms with van der Waals surface area (Å²) in [6, 6.07) is 0. The minimum atomic E-state index is -0.499. The lowest BCUT2D eigenvalue weighted by atomic mass is 9.68. The van der Waals surface area contributed by atoms with E-state index in [1.54, 1.807) is 0 Å². The highest BCUT2D eigenvalue weighted by Gasteiger charge is 2.35. The molecule has 5 heteroatoms. The second-order valence-electron chi connectivity index (χ2n) is 7.25. The van der Waals surface area contributed by atoms with Crippen molar-refractivity contribution in [2.45, 2.75) is 64.9 Å². The third-order valence-electron chi connectivity index (χ3n) is 4.26. The molecule has 0 saturated heterocycles. The minimum Gasteiger partial charge on any atom is -0.444 e. The molecule has 1 fully saturated rings. The Morgan fingerprint density at radius 3 is 2.48 bits per heavy atom. The number of carbonyl (C=O) groups excluding carboxylic acids is 2. The number of aldehydes is 1. The van der Waals surface area contributed by atoms with Crippen molar-refractivity contribution in [2.24, 2.45) is 17.1 Å². The Hall–Kier alpha value is -1.10. The van der Waals surface area contributed by atoms with Gasteiger partial charge in [0.2, 0.25) is 0 Å². The fourth-order valence-electron chi connectivity index (χ4n) is 3.02. The van der Waals surface area contributed by atoms with Crippen molar-refractivity contribution in [3.05, 3.63) is 0 Å². The summed E-state index contributed by atoms with van der Waals surface area (Å²) in [5, 5.41) is 2.84. The first-order valence-corrected chi connectivity index (χ1v) is 7.91. The van der Waals surface area contributed by atoms with Gasteiger partial charge in [-0.3, -0.25) is 0 Å². The first kappa shape index (κ1) is 18.0. The van der Waals surface area contributed by atoms with E-state index in [0.29, 0.717) is 18.9 Å². The molecule has 0 radical (unpaired) electrons. The average molecular weight is 298 g/mol. The number of carbonyl (C=O) groups is 2. The van der Waals surface area contributed by atoms with Crippen LogP contribution in [-0.4, -0.2) is 31.1 Å². The van der Waals surface area contributed by atoms with Gasteiger partial charge in [-0.25, -0.2) is 4.79 Å². The van der Waals surface area contributed by atoms with Crippen molar-refractivity contribution in [3.63, 3.8) is 0 Å². The van der Waals surface area contributed by atoms with Crippen LogP contribution in [0.5, 0.6) is 0 Å². The van der Waals surface area contributed by atoms with E-state index in [9.17, 15) is 9.59 Å². The molecule has 1 saturated carbocycles. The quantitative estimate of drug-likeness (QED) is 0.739. The second-order valence-corrected chi connectivity index (χ2v) is 7.25. The molecule has 1 rings (SSSR count). The van der Waals surface area contributed by atoms with Crippen LogP contribution in [0.2, 0.25) is 0 Å². The Morgan fingerprint density at radius 1 is 1.38 bits per heavy atom. The number of nitrogens with two attached hydrogens (primary N) is 1. The van der Waals surface area contributed by atoms with Crippen LogP contribution in [0.25, 0.3) is 0 Å². The summed E-state index contributed by atoms with van der Waals surface area (Å²) < 4.78 is 5.26. The fourth-order valence-corrected chi connectivity index (χ4v) is 3.02. The summed E-state index contributed by atoms with van der Waals surface area (Å²) in [6.45, 7) is 6.75. The zero-order chi connectivity index (χ0) is 15.9. The number of amides is 1. The van der Waals surface area contributed by atoms with Crippen molar-refractivity contribution < 1.29 is 14.3 Å². The molecule has 5 nitrogen and oxygen atoms in total. The van der Waals surface area contributed by atoms with Crippen LogP contribution in [0.1, 0.15) is 59.3 Å². The van der Waals surface area contributed by atoms with E-state index < -0.39 is 11.7 Å². The zero-order valence-electron chi connectivity index (χ0n) is 13.6. The Kier molecular flexibility index (Phi) is 6.65. The third kappa shape index (κ3) is 6.46. The van der Waals surface area contributed by atoms with Crippen LogP contribution in [0, 0.1) is 11.3 Å². The summed E-state index contributed by atoms with van der Waals surface area (Å²) in [7, 11) is 0. The first-order valence-electron chi connectivity index (χ1n) is 7.91. The van der Waals surface area contributed by atoms with Crippen LogP contribution >= 0.6 is 0 Å². The standard InChI is InChI=1S/C16H30N2O3/c1-15(2,3)21-14(20)18-12-16(9-11-19)7-4-13(5-8-16)6-10-17/h11,13H,4-10,12,17H2,1-3H3,(H,18,20). The highest BCUT2D eigenvalue weighted by Crippen LogP contribution is 2.41. The molecule has 0 aliphatic heterocycles. The van der Waals surface area contributed by atoms with Gasteiger partial charge in [0, 0.05) is 13.0 Å². The molecule has 1 aliphatic rings.